The van der Waals surface area contributed by atoms with E-state index in [1.54, 1.807) is 6.07 Å². The van der Waals surface area contributed by atoms with E-state index in [1.807, 2.05) is 37.3 Å². The van der Waals surface area contributed by atoms with Crippen LogP contribution in [0.2, 0.25) is 0 Å². The van der Waals surface area contributed by atoms with Gasteiger partial charge in [-0.1, -0.05) is 42.5 Å². The number of rotatable bonds is 4. The predicted octanol–water partition coefficient (Wildman–Crippen LogP) is 4.61. The van der Waals surface area contributed by atoms with E-state index in [2.05, 4.69) is 0 Å². The molecule has 6 nitrogen and oxygen atoms in total. The van der Waals surface area contributed by atoms with Gasteiger partial charge in [-0.2, -0.15) is 14.9 Å². The van der Waals surface area contributed by atoms with Gasteiger partial charge in [-0.3, -0.25) is 9.11 Å². The summed E-state index contributed by atoms with van der Waals surface area (Å²) in [7, 11) is -6.35. The van der Waals surface area contributed by atoms with Crippen LogP contribution in [-0.4, -0.2) is 44.5 Å². The molecule has 2 saturated heterocycles. The molecule has 0 radical (unpaired) electrons. The maximum atomic E-state index is 15.1. The molecular weight excluding hydrogens is 453 g/mol. The quantitative estimate of drug-likeness (QED) is 0.590. The van der Waals surface area contributed by atoms with Crippen molar-refractivity contribution in [1.29, 1.82) is 0 Å². The summed E-state index contributed by atoms with van der Waals surface area (Å²) < 4.78 is 62.8. The zero-order valence-electron chi connectivity index (χ0n) is 18.0. The van der Waals surface area contributed by atoms with Crippen LogP contribution in [0.15, 0.2) is 48.5 Å². The van der Waals surface area contributed by atoms with Crippen LogP contribution in [0.5, 0.6) is 0 Å². The third-order valence-electron chi connectivity index (χ3n) is 6.80. The van der Waals surface area contributed by atoms with E-state index in [-0.39, 0.29) is 42.5 Å². The molecule has 0 bridgehead atoms. The van der Waals surface area contributed by atoms with Crippen LogP contribution in [0.25, 0.3) is 0 Å². The molecule has 2 atom stereocenters. The largest absolute Gasteiger partial charge is 0.385 e. The molecule has 2 fully saturated rings. The number of benzene rings is 2. The third-order valence-corrected chi connectivity index (χ3v) is 10.9. The maximum absolute atomic E-state index is 15.1. The lowest BCUT2D eigenvalue weighted by Crippen LogP contribution is -2.44. The van der Waals surface area contributed by atoms with Gasteiger partial charge in [-0.25, -0.2) is 12.8 Å². The molecule has 0 spiro atoms. The number of halogens is 1. The second-order valence-electron chi connectivity index (χ2n) is 8.96. The average Bonchev–Trinajstić information content (AvgIpc) is 2.75. The molecule has 0 amide bonds. The lowest BCUT2D eigenvalue weighted by Gasteiger charge is -2.43. The van der Waals surface area contributed by atoms with Crippen LogP contribution in [0.4, 0.5) is 4.39 Å². The summed E-state index contributed by atoms with van der Waals surface area (Å²) in [5.41, 5.74) is 0.0576. The number of hydrogen-bond donors (Lipinski definition) is 3. The lowest BCUT2D eigenvalue weighted by molar-refractivity contribution is 0.0243. The van der Waals surface area contributed by atoms with Crippen molar-refractivity contribution in [2.75, 3.05) is 11.5 Å². The molecule has 176 valence electrons. The maximum Gasteiger partial charge on any atom is 0.221 e. The molecule has 4 rings (SSSR count). The Balaban J connectivity index is 1.57. The van der Waals surface area contributed by atoms with Crippen molar-refractivity contribution in [3.05, 3.63) is 71.0 Å². The van der Waals surface area contributed by atoms with Crippen molar-refractivity contribution in [3.63, 3.8) is 0 Å². The van der Waals surface area contributed by atoms with Crippen molar-refractivity contribution in [3.8, 4) is 0 Å². The van der Waals surface area contributed by atoms with Crippen LogP contribution in [0.1, 0.15) is 54.5 Å². The van der Waals surface area contributed by atoms with E-state index in [4.69, 9.17) is 0 Å². The predicted molar refractivity (Wildman–Crippen MR) is 124 cm³/mol. The first kappa shape index (κ1) is 23.7. The number of aliphatic hydroxyl groups is 1. The first-order valence-electron chi connectivity index (χ1n) is 10.8. The van der Waals surface area contributed by atoms with Gasteiger partial charge < -0.3 is 5.11 Å². The fraction of sp³-hybridized carbons (Fsp3) is 0.478. The van der Waals surface area contributed by atoms with E-state index in [0.717, 1.165) is 5.56 Å². The Hall–Kier alpha value is -1.49. The van der Waals surface area contributed by atoms with Crippen molar-refractivity contribution < 1.29 is 27.0 Å². The molecule has 9 heteroatoms. The molecule has 2 aliphatic rings. The van der Waals surface area contributed by atoms with Gasteiger partial charge in [0.1, 0.15) is 11.1 Å². The summed E-state index contributed by atoms with van der Waals surface area (Å²) in [4.78, 5) is 0. The molecule has 0 unspecified atom stereocenters. The van der Waals surface area contributed by atoms with Crippen LogP contribution < -0.4 is 0 Å². The molecular formula is C23H30FNO5S2. The van der Waals surface area contributed by atoms with Gasteiger partial charge in [0.25, 0.3) is 0 Å². The van der Waals surface area contributed by atoms with Gasteiger partial charge in [0.2, 0.25) is 10.0 Å². The van der Waals surface area contributed by atoms with Crippen LogP contribution in [0, 0.1) is 5.82 Å². The van der Waals surface area contributed by atoms with E-state index in [9.17, 15) is 22.6 Å². The first-order valence-corrected chi connectivity index (χ1v) is 14.2. The fourth-order valence-electron chi connectivity index (χ4n) is 4.67. The Bertz CT molecular complexity index is 1070. The summed E-state index contributed by atoms with van der Waals surface area (Å²) in [6, 6.07) is 13.3. The van der Waals surface area contributed by atoms with E-state index < -0.39 is 37.3 Å². The number of sulfonamides is 1. The van der Waals surface area contributed by atoms with Crippen LogP contribution in [-0.2, 0) is 22.2 Å². The van der Waals surface area contributed by atoms with Crippen LogP contribution >= 0.6 is 10.6 Å². The molecule has 32 heavy (non-hydrogen) atoms. The van der Waals surface area contributed by atoms with Crippen molar-refractivity contribution in [2.24, 2.45) is 0 Å². The second-order valence-corrected chi connectivity index (χ2v) is 13.5. The summed E-state index contributed by atoms with van der Waals surface area (Å²) in [5.74, 6) is -0.411. The zero-order valence-corrected chi connectivity index (χ0v) is 19.7. The molecule has 0 saturated carbocycles. The van der Waals surface area contributed by atoms with Gasteiger partial charge >= 0.3 is 0 Å². The van der Waals surface area contributed by atoms with Gasteiger partial charge in [0.15, 0.2) is 0 Å². The van der Waals surface area contributed by atoms with Gasteiger partial charge in [-0.05, 0) is 49.8 Å². The molecule has 2 aromatic rings. The highest BCUT2D eigenvalue weighted by Gasteiger charge is 2.41. The number of hydrogen-bond acceptors (Lipinski definition) is 5. The Labute approximate surface area is 190 Å². The third kappa shape index (κ3) is 4.60. The van der Waals surface area contributed by atoms with E-state index >= 15 is 4.39 Å². The Morgan fingerprint density at radius 1 is 1.06 bits per heavy atom. The van der Waals surface area contributed by atoms with Gasteiger partial charge in [0, 0.05) is 29.7 Å². The normalized spacial score (nSPS) is 28.2. The SMILES string of the molecule is C[C@H]1CC[C@@H](c2ccccc2)S(=O)(=O)N1Cc1ccc(C2(O)CCS(O)(O)CC2)cc1F. The minimum atomic E-state index is -3.67. The van der Waals surface area contributed by atoms with Crippen molar-refractivity contribution in [1.82, 2.24) is 4.31 Å². The standard InChI is InChI=1S/C23H30FNO5S2/c1-17-7-10-22(18-5-3-2-4-6-18)32(29,30)25(17)16-19-8-9-20(15-21(19)24)23(26)11-13-31(27,28)14-12-23/h2-6,8-9,15,17,22,26-28H,7,10-14,16H2,1H3/t17-,22-/m0/s1. The fourth-order valence-corrected chi connectivity index (χ4v) is 8.39. The van der Waals surface area contributed by atoms with E-state index in [0.29, 0.717) is 18.4 Å². The Morgan fingerprint density at radius 2 is 1.72 bits per heavy atom. The monoisotopic (exact) mass is 483 g/mol. The first-order chi connectivity index (χ1) is 15.0. The topological polar surface area (TPSA) is 98.1 Å². The van der Waals surface area contributed by atoms with Crippen molar-refractivity contribution in [2.45, 2.75) is 56.0 Å². The minimum absolute atomic E-state index is 0.0715. The lowest BCUT2D eigenvalue weighted by atomic mass is 9.87. The zero-order chi connectivity index (χ0) is 23.1. The van der Waals surface area contributed by atoms with Gasteiger partial charge in [-0.15, -0.1) is 0 Å². The molecule has 0 aromatic heterocycles. The van der Waals surface area contributed by atoms with Crippen molar-refractivity contribution >= 4 is 20.6 Å². The molecule has 2 aromatic carbocycles. The Morgan fingerprint density at radius 3 is 2.34 bits per heavy atom. The highest BCUT2D eigenvalue weighted by Crippen LogP contribution is 2.50. The van der Waals surface area contributed by atoms with Crippen LogP contribution in [0.3, 0.4) is 0 Å². The molecule has 2 aliphatic heterocycles. The highest BCUT2D eigenvalue weighted by atomic mass is 32.3. The summed E-state index contributed by atoms with van der Waals surface area (Å²) >= 11 is 0. The second kappa shape index (κ2) is 8.70. The van der Waals surface area contributed by atoms with Gasteiger partial charge in [0.05, 0.1) is 5.60 Å². The molecule has 0 aliphatic carbocycles. The molecule has 2 heterocycles. The summed E-state index contributed by atoms with van der Waals surface area (Å²) in [5, 5.41) is 10.3. The highest BCUT2D eigenvalue weighted by molar-refractivity contribution is 8.24. The smallest absolute Gasteiger partial charge is 0.221 e. The minimum Gasteiger partial charge on any atom is -0.385 e. The Kier molecular flexibility index (Phi) is 6.43. The average molecular weight is 484 g/mol. The molecule has 3 N–H and O–H groups in total. The van der Waals surface area contributed by atoms with E-state index in [1.165, 1.54) is 16.4 Å². The summed E-state index contributed by atoms with van der Waals surface area (Å²) in [6.45, 7) is 1.77. The number of nitrogens with zero attached hydrogens (tertiary/aromatic N) is 1. The summed E-state index contributed by atoms with van der Waals surface area (Å²) in [6.07, 6.45) is 1.50.